The van der Waals surface area contributed by atoms with Crippen molar-refractivity contribution in [2.45, 2.75) is 31.5 Å². The molecule has 3 unspecified atom stereocenters. The lowest BCUT2D eigenvalue weighted by Gasteiger charge is -2.24. The van der Waals surface area contributed by atoms with E-state index in [0.717, 1.165) is 4.57 Å². The third-order valence-electron chi connectivity index (χ3n) is 5.14. The van der Waals surface area contributed by atoms with Crippen molar-refractivity contribution in [3.63, 3.8) is 0 Å². The number of fused-ring (bicyclic) bond motifs is 1. The van der Waals surface area contributed by atoms with Gasteiger partial charge in [0.15, 0.2) is 6.04 Å². The van der Waals surface area contributed by atoms with E-state index in [1.165, 1.54) is 18.5 Å². The standard InChI is InChI=1S/C22H23N3O6/c1-13(26)18(21(29)30)23-19(27)17(12-14-8-4-3-5-9-14)25-20(28)15-10-6-7-11-16(15)24(2)22(25)31/h3-11,13,17-18,26H,12H2,1-2H3,(H,23,27)(H,29,30). The SMILES string of the molecule is CC(O)C(NC(=O)C(Cc1ccccc1)n1c(=O)c2ccccc2n(C)c1=O)C(=O)O. The molecule has 162 valence electrons. The molecule has 3 N–H and O–H groups in total. The number of hydrogen-bond acceptors (Lipinski definition) is 5. The predicted molar refractivity (Wildman–Crippen MR) is 114 cm³/mol. The number of carboxylic acids is 1. The van der Waals surface area contributed by atoms with Crippen LogP contribution in [0.5, 0.6) is 0 Å². The second-order valence-corrected chi connectivity index (χ2v) is 7.30. The number of benzene rings is 2. The first-order valence-corrected chi connectivity index (χ1v) is 9.67. The zero-order valence-electron chi connectivity index (χ0n) is 17.1. The Morgan fingerprint density at radius 1 is 1.03 bits per heavy atom. The maximum atomic E-state index is 13.2. The first-order valence-electron chi connectivity index (χ1n) is 9.67. The molecule has 0 aliphatic carbocycles. The fourth-order valence-corrected chi connectivity index (χ4v) is 3.48. The molecule has 0 radical (unpaired) electrons. The molecule has 1 amide bonds. The Hall–Kier alpha value is -3.72. The molecule has 0 spiro atoms. The summed E-state index contributed by atoms with van der Waals surface area (Å²) in [5, 5.41) is 21.6. The van der Waals surface area contributed by atoms with E-state index >= 15 is 0 Å². The summed E-state index contributed by atoms with van der Waals surface area (Å²) in [5.41, 5.74) is -0.267. The first kappa shape index (κ1) is 22.0. The van der Waals surface area contributed by atoms with Crippen LogP contribution < -0.4 is 16.6 Å². The molecule has 3 aromatic rings. The molecule has 0 saturated carbocycles. The largest absolute Gasteiger partial charge is 0.480 e. The van der Waals surface area contributed by atoms with Crippen molar-refractivity contribution in [2.75, 3.05) is 0 Å². The second-order valence-electron chi connectivity index (χ2n) is 7.30. The Morgan fingerprint density at radius 2 is 1.65 bits per heavy atom. The summed E-state index contributed by atoms with van der Waals surface area (Å²) < 4.78 is 2.11. The van der Waals surface area contributed by atoms with Crippen LogP contribution in [0.25, 0.3) is 10.9 Å². The molecule has 3 atom stereocenters. The molecular weight excluding hydrogens is 402 g/mol. The molecular formula is C22H23N3O6. The third kappa shape index (κ3) is 4.41. The number of rotatable bonds is 7. The fourth-order valence-electron chi connectivity index (χ4n) is 3.48. The molecule has 0 aliphatic heterocycles. The van der Waals surface area contributed by atoms with E-state index in [1.807, 2.05) is 0 Å². The van der Waals surface area contributed by atoms with E-state index in [1.54, 1.807) is 54.6 Å². The smallest absolute Gasteiger partial charge is 0.331 e. The number of nitrogens with zero attached hydrogens (tertiary/aromatic N) is 2. The van der Waals surface area contributed by atoms with E-state index in [0.29, 0.717) is 11.1 Å². The normalized spacial score (nSPS) is 14.0. The van der Waals surface area contributed by atoms with Crippen LogP contribution in [-0.4, -0.2) is 43.4 Å². The van der Waals surface area contributed by atoms with Gasteiger partial charge < -0.3 is 15.5 Å². The molecule has 0 bridgehead atoms. The summed E-state index contributed by atoms with van der Waals surface area (Å²) in [5.74, 6) is -2.28. The average Bonchev–Trinajstić information content (AvgIpc) is 2.75. The van der Waals surface area contributed by atoms with Gasteiger partial charge in [-0.3, -0.25) is 14.2 Å². The molecule has 0 fully saturated rings. The number of hydrogen-bond donors (Lipinski definition) is 3. The maximum Gasteiger partial charge on any atom is 0.331 e. The van der Waals surface area contributed by atoms with Crippen LogP contribution in [0, 0.1) is 0 Å². The predicted octanol–water partition coefficient (Wildman–Crippen LogP) is 0.434. The van der Waals surface area contributed by atoms with Crippen molar-refractivity contribution in [3.05, 3.63) is 81.0 Å². The van der Waals surface area contributed by atoms with Gasteiger partial charge in [-0.25, -0.2) is 14.2 Å². The number of nitrogens with one attached hydrogen (secondary N) is 1. The van der Waals surface area contributed by atoms with Gasteiger partial charge in [0.05, 0.1) is 17.0 Å². The Labute approximate surface area is 177 Å². The number of aromatic nitrogens is 2. The van der Waals surface area contributed by atoms with Crippen LogP contribution in [0.3, 0.4) is 0 Å². The highest BCUT2D eigenvalue weighted by Crippen LogP contribution is 2.15. The van der Waals surface area contributed by atoms with Gasteiger partial charge in [0.25, 0.3) is 5.56 Å². The van der Waals surface area contributed by atoms with Crippen LogP contribution in [0.1, 0.15) is 18.5 Å². The molecule has 0 saturated heterocycles. The van der Waals surface area contributed by atoms with E-state index in [9.17, 15) is 29.4 Å². The van der Waals surface area contributed by atoms with Gasteiger partial charge in [-0.05, 0) is 24.6 Å². The lowest BCUT2D eigenvalue weighted by atomic mass is 10.0. The number of carboxylic acid groups (broad SMARTS) is 1. The van der Waals surface area contributed by atoms with E-state index in [4.69, 9.17) is 0 Å². The summed E-state index contributed by atoms with van der Waals surface area (Å²) in [4.78, 5) is 50.8. The van der Waals surface area contributed by atoms with Crippen molar-refractivity contribution >= 4 is 22.8 Å². The summed E-state index contributed by atoms with van der Waals surface area (Å²) in [6.45, 7) is 1.23. The van der Waals surface area contributed by atoms with Gasteiger partial charge >= 0.3 is 11.7 Å². The highest BCUT2D eigenvalue weighted by atomic mass is 16.4. The van der Waals surface area contributed by atoms with Crippen LogP contribution in [0.4, 0.5) is 0 Å². The molecule has 9 heteroatoms. The lowest BCUT2D eigenvalue weighted by molar-refractivity contribution is -0.145. The van der Waals surface area contributed by atoms with E-state index in [2.05, 4.69) is 5.32 Å². The molecule has 9 nitrogen and oxygen atoms in total. The third-order valence-corrected chi connectivity index (χ3v) is 5.14. The number of amides is 1. The number of aliphatic hydroxyl groups excluding tert-OH is 1. The highest BCUT2D eigenvalue weighted by Gasteiger charge is 2.31. The number of para-hydroxylation sites is 1. The van der Waals surface area contributed by atoms with Gasteiger partial charge in [-0.2, -0.15) is 0 Å². The van der Waals surface area contributed by atoms with Gasteiger partial charge in [0.1, 0.15) is 6.04 Å². The van der Waals surface area contributed by atoms with Crippen molar-refractivity contribution in [3.8, 4) is 0 Å². The summed E-state index contributed by atoms with van der Waals surface area (Å²) in [6.07, 6.45) is -1.40. The molecule has 3 rings (SSSR count). The number of aliphatic carboxylic acids is 1. The van der Waals surface area contributed by atoms with E-state index < -0.39 is 41.3 Å². The Bertz CT molecular complexity index is 1230. The second kappa shape index (κ2) is 8.97. The van der Waals surface area contributed by atoms with Crippen LogP contribution in [0.2, 0.25) is 0 Å². The highest BCUT2D eigenvalue weighted by molar-refractivity contribution is 5.87. The van der Waals surface area contributed by atoms with E-state index in [-0.39, 0.29) is 11.8 Å². The van der Waals surface area contributed by atoms with Gasteiger partial charge in [-0.1, -0.05) is 42.5 Å². The summed E-state index contributed by atoms with van der Waals surface area (Å²) in [6, 6.07) is 12.4. The van der Waals surface area contributed by atoms with Crippen molar-refractivity contribution in [1.29, 1.82) is 0 Å². The monoisotopic (exact) mass is 425 g/mol. The van der Waals surface area contributed by atoms with Gasteiger partial charge in [0, 0.05) is 13.5 Å². The lowest BCUT2D eigenvalue weighted by Crippen LogP contribution is -2.53. The molecule has 0 aliphatic rings. The minimum atomic E-state index is -1.59. The van der Waals surface area contributed by atoms with Crippen molar-refractivity contribution in [2.24, 2.45) is 7.05 Å². The first-order chi connectivity index (χ1) is 14.7. The number of carbonyl (C=O) groups excluding carboxylic acids is 1. The Kier molecular flexibility index (Phi) is 6.36. The van der Waals surface area contributed by atoms with Crippen LogP contribution in [-0.2, 0) is 23.1 Å². The van der Waals surface area contributed by atoms with Crippen molar-refractivity contribution < 1.29 is 19.8 Å². The van der Waals surface area contributed by atoms with Gasteiger partial charge in [-0.15, -0.1) is 0 Å². The fraction of sp³-hybridized carbons (Fsp3) is 0.273. The molecule has 31 heavy (non-hydrogen) atoms. The Balaban J connectivity index is 2.17. The average molecular weight is 425 g/mol. The summed E-state index contributed by atoms with van der Waals surface area (Å²) in [7, 11) is 1.49. The van der Waals surface area contributed by atoms with Crippen LogP contribution in [0.15, 0.2) is 64.2 Å². The molecule has 1 heterocycles. The summed E-state index contributed by atoms with van der Waals surface area (Å²) >= 11 is 0. The van der Waals surface area contributed by atoms with Crippen molar-refractivity contribution in [1.82, 2.24) is 14.5 Å². The number of aryl methyl sites for hydroxylation is 1. The number of aliphatic hydroxyl groups is 1. The molecule has 2 aromatic carbocycles. The topological polar surface area (TPSA) is 131 Å². The minimum Gasteiger partial charge on any atom is -0.480 e. The minimum absolute atomic E-state index is 0.0215. The molecule has 1 aromatic heterocycles. The zero-order chi connectivity index (χ0) is 22.7. The van der Waals surface area contributed by atoms with Gasteiger partial charge in [0.2, 0.25) is 5.91 Å². The maximum absolute atomic E-state index is 13.2. The van der Waals surface area contributed by atoms with Crippen LogP contribution >= 0.6 is 0 Å². The Morgan fingerprint density at radius 3 is 2.26 bits per heavy atom. The zero-order valence-corrected chi connectivity index (χ0v) is 17.1. The number of carbonyl (C=O) groups is 2. The quantitative estimate of drug-likeness (QED) is 0.503.